The molecule has 0 unspecified atom stereocenters. The number of hydrogen-bond donors (Lipinski definition) is 1. The van der Waals surface area contributed by atoms with Crippen molar-refractivity contribution in [3.05, 3.63) is 12.2 Å². The summed E-state index contributed by atoms with van der Waals surface area (Å²) in [5, 5.41) is 8.52. The molecular weight excluding hydrogens is 234 g/mol. The van der Waals surface area contributed by atoms with Gasteiger partial charge in [0.15, 0.2) is 0 Å². The summed E-state index contributed by atoms with van der Waals surface area (Å²) in [6.07, 6.45) is 2.62. The minimum absolute atomic E-state index is 0.420. The van der Waals surface area contributed by atoms with Crippen molar-refractivity contribution in [1.29, 1.82) is 0 Å². The SMILES string of the molecule is CN(C(=O)OC(C)(C)C)C(C)(C)CC=CC(=O)O. The van der Waals surface area contributed by atoms with Gasteiger partial charge in [0, 0.05) is 18.7 Å². The zero-order valence-electron chi connectivity index (χ0n) is 12.0. The third-order valence-corrected chi connectivity index (χ3v) is 2.45. The molecule has 0 aliphatic heterocycles. The second kappa shape index (κ2) is 5.89. The highest BCUT2D eigenvalue weighted by atomic mass is 16.6. The minimum atomic E-state index is -0.995. The van der Waals surface area contributed by atoms with Crippen molar-refractivity contribution in [3.63, 3.8) is 0 Å². The third kappa shape index (κ3) is 6.27. The summed E-state index contributed by atoms with van der Waals surface area (Å²) < 4.78 is 5.26. The Hall–Kier alpha value is -1.52. The Morgan fingerprint density at radius 1 is 1.22 bits per heavy atom. The number of hydrogen-bond acceptors (Lipinski definition) is 3. The largest absolute Gasteiger partial charge is 0.478 e. The van der Waals surface area contributed by atoms with Crippen LogP contribution in [0.15, 0.2) is 12.2 Å². The molecule has 0 aromatic rings. The van der Waals surface area contributed by atoms with Gasteiger partial charge in [-0.1, -0.05) is 6.08 Å². The van der Waals surface area contributed by atoms with Crippen molar-refractivity contribution >= 4 is 12.1 Å². The van der Waals surface area contributed by atoms with Crippen LogP contribution >= 0.6 is 0 Å². The molecule has 18 heavy (non-hydrogen) atoms. The predicted molar refractivity (Wildman–Crippen MR) is 69.5 cm³/mol. The Labute approximate surface area is 108 Å². The van der Waals surface area contributed by atoms with E-state index in [4.69, 9.17) is 9.84 Å². The van der Waals surface area contributed by atoms with Gasteiger partial charge in [-0.25, -0.2) is 9.59 Å². The maximum absolute atomic E-state index is 11.9. The highest BCUT2D eigenvalue weighted by molar-refractivity contribution is 5.79. The number of carbonyl (C=O) groups excluding carboxylic acids is 1. The summed E-state index contributed by atoms with van der Waals surface area (Å²) >= 11 is 0. The summed E-state index contributed by atoms with van der Waals surface area (Å²) in [6, 6.07) is 0. The van der Waals surface area contributed by atoms with Crippen molar-refractivity contribution in [2.24, 2.45) is 0 Å². The molecule has 0 aliphatic carbocycles. The lowest BCUT2D eigenvalue weighted by atomic mass is 9.99. The molecule has 0 atom stereocenters. The first-order valence-electron chi connectivity index (χ1n) is 5.82. The van der Waals surface area contributed by atoms with Crippen molar-refractivity contribution in [1.82, 2.24) is 4.90 Å². The van der Waals surface area contributed by atoms with E-state index in [-0.39, 0.29) is 0 Å². The Morgan fingerprint density at radius 3 is 2.11 bits per heavy atom. The summed E-state index contributed by atoms with van der Waals surface area (Å²) in [5.74, 6) is -0.995. The zero-order valence-corrected chi connectivity index (χ0v) is 12.0. The van der Waals surface area contributed by atoms with E-state index >= 15 is 0 Å². The molecular formula is C13H23NO4. The first kappa shape index (κ1) is 16.5. The summed E-state index contributed by atoms with van der Waals surface area (Å²) in [5.41, 5.74) is -1.05. The van der Waals surface area contributed by atoms with Crippen LogP contribution in [0.1, 0.15) is 41.0 Å². The molecule has 0 heterocycles. The molecule has 1 amide bonds. The summed E-state index contributed by atoms with van der Waals surface area (Å²) in [4.78, 5) is 23.7. The molecule has 0 spiro atoms. The van der Waals surface area contributed by atoms with Gasteiger partial charge in [-0.3, -0.25) is 0 Å². The number of amides is 1. The van der Waals surface area contributed by atoms with Crippen LogP contribution in [0, 0.1) is 0 Å². The van der Waals surface area contributed by atoms with Crippen molar-refractivity contribution in [2.45, 2.75) is 52.2 Å². The molecule has 0 aromatic carbocycles. The molecule has 0 aromatic heterocycles. The van der Waals surface area contributed by atoms with Gasteiger partial charge in [0.05, 0.1) is 0 Å². The maximum atomic E-state index is 11.9. The number of ether oxygens (including phenoxy) is 1. The molecule has 0 radical (unpaired) electrons. The van der Waals surface area contributed by atoms with E-state index < -0.39 is 23.2 Å². The normalized spacial score (nSPS) is 12.6. The van der Waals surface area contributed by atoms with Gasteiger partial charge in [-0.2, -0.15) is 0 Å². The van der Waals surface area contributed by atoms with Crippen molar-refractivity contribution in [3.8, 4) is 0 Å². The monoisotopic (exact) mass is 257 g/mol. The first-order valence-corrected chi connectivity index (χ1v) is 5.82. The lowest BCUT2D eigenvalue weighted by Gasteiger charge is -2.36. The van der Waals surface area contributed by atoms with Gasteiger partial charge in [0.25, 0.3) is 0 Å². The topological polar surface area (TPSA) is 66.8 Å². The van der Waals surface area contributed by atoms with Crippen LogP contribution in [-0.2, 0) is 9.53 Å². The highest BCUT2D eigenvalue weighted by Gasteiger charge is 2.30. The van der Waals surface area contributed by atoms with Gasteiger partial charge in [-0.15, -0.1) is 0 Å². The minimum Gasteiger partial charge on any atom is -0.478 e. The van der Waals surface area contributed by atoms with E-state index in [0.29, 0.717) is 6.42 Å². The van der Waals surface area contributed by atoms with Crippen LogP contribution in [0.2, 0.25) is 0 Å². The van der Waals surface area contributed by atoms with Gasteiger partial charge >= 0.3 is 12.1 Å². The van der Waals surface area contributed by atoms with Crippen LogP contribution in [-0.4, -0.2) is 40.3 Å². The van der Waals surface area contributed by atoms with E-state index in [9.17, 15) is 9.59 Å². The fraction of sp³-hybridized carbons (Fsp3) is 0.692. The Bertz CT molecular complexity index is 339. The molecule has 5 heteroatoms. The molecule has 0 saturated carbocycles. The second-order valence-electron chi connectivity index (χ2n) is 5.80. The summed E-state index contributed by atoms with van der Waals surface area (Å²) in [6.45, 7) is 9.11. The smallest absolute Gasteiger partial charge is 0.410 e. The molecule has 0 saturated heterocycles. The van der Waals surface area contributed by atoms with Gasteiger partial charge in [0.1, 0.15) is 5.60 Å². The molecule has 0 fully saturated rings. The highest BCUT2D eigenvalue weighted by Crippen LogP contribution is 2.20. The summed E-state index contributed by atoms with van der Waals surface area (Å²) in [7, 11) is 1.64. The lowest BCUT2D eigenvalue weighted by Crippen LogP contribution is -2.46. The second-order valence-corrected chi connectivity index (χ2v) is 5.80. The number of nitrogens with zero attached hydrogens (tertiary/aromatic N) is 1. The maximum Gasteiger partial charge on any atom is 0.410 e. The van der Waals surface area contributed by atoms with Crippen LogP contribution < -0.4 is 0 Å². The standard InChI is InChI=1S/C13H23NO4/c1-12(2,3)18-11(17)14(6)13(4,5)9-7-8-10(15)16/h7-8H,9H2,1-6H3,(H,15,16). The van der Waals surface area contributed by atoms with E-state index in [1.807, 2.05) is 13.8 Å². The molecule has 0 bridgehead atoms. The predicted octanol–water partition coefficient (Wildman–Crippen LogP) is 2.66. The van der Waals surface area contributed by atoms with Gasteiger partial charge < -0.3 is 14.7 Å². The Kier molecular flexibility index (Phi) is 5.39. The number of carbonyl (C=O) groups is 2. The van der Waals surface area contributed by atoms with Crippen LogP contribution in [0.25, 0.3) is 0 Å². The average molecular weight is 257 g/mol. The van der Waals surface area contributed by atoms with Gasteiger partial charge in [-0.05, 0) is 41.0 Å². The van der Waals surface area contributed by atoms with Crippen molar-refractivity contribution in [2.75, 3.05) is 7.05 Å². The molecule has 0 rings (SSSR count). The average Bonchev–Trinajstić information content (AvgIpc) is 2.12. The lowest BCUT2D eigenvalue weighted by molar-refractivity contribution is -0.131. The van der Waals surface area contributed by atoms with Gasteiger partial charge in [0.2, 0.25) is 0 Å². The number of aliphatic carboxylic acids is 1. The molecule has 0 aliphatic rings. The fourth-order valence-electron chi connectivity index (χ4n) is 1.16. The molecule has 104 valence electrons. The van der Waals surface area contributed by atoms with E-state index in [1.165, 1.54) is 11.0 Å². The molecule has 1 N–H and O–H groups in total. The Morgan fingerprint density at radius 2 is 1.72 bits per heavy atom. The van der Waals surface area contributed by atoms with Crippen LogP contribution in [0.3, 0.4) is 0 Å². The van der Waals surface area contributed by atoms with E-state index in [0.717, 1.165) is 6.08 Å². The third-order valence-electron chi connectivity index (χ3n) is 2.45. The van der Waals surface area contributed by atoms with Crippen LogP contribution in [0.5, 0.6) is 0 Å². The van der Waals surface area contributed by atoms with E-state index in [2.05, 4.69) is 0 Å². The number of carboxylic acid groups (broad SMARTS) is 1. The molecule has 5 nitrogen and oxygen atoms in total. The fourth-order valence-corrected chi connectivity index (χ4v) is 1.16. The number of rotatable bonds is 4. The first-order chi connectivity index (χ1) is 7.96. The van der Waals surface area contributed by atoms with Crippen molar-refractivity contribution < 1.29 is 19.4 Å². The number of carboxylic acids is 1. The van der Waals surface area contributed by atoms with Crippen LogP contribution in [0.4, 0.5) is 4.79 Å². The zero-order chi connectivity index (χ0) is 14.6. The Balaban J connectivity index is 4.59. The quantitative estimate of drug-likeness (QED) is 0.786. The van der Waals surface area contributed by atoms with E-state index in [1.54, 1.807) is 27.8 Å².